The molecule has 0 rings (SSSR count). The third-order valence-corrected chi connectivity index (χ3v) is 0. The van der Waals surface area contributed by atoms with Gasteiger partial charge in [0.15, 0.2) is 0 Å². The van der Waals surface area contributed by atoms with Gasteiger partial charge in [-0.15, -0.1) is 0 Å². The van der Waals surface area contributed by atoms with E-state index < -0.39 is 0 Å². The van der Waals surface area contributed by atoms with Crippen molar-refractivity contribution in [1.82, 2.24) is 0 Å². The fraction of sp³-hybridized carbons (Fsp3) is 0. The van der Waals surface area contributed by atoms with Gasteiger partial charge in [0, 0.05) is 0 Å². The number of hydrogen-bond donors (Lipinski definition) is 2. The van der Waals surface area contributed by atoms with E-state index in [0.717, 1.165) is 0 Å². The maximum atomic E-state index is 4.69. The van der Waals surface area contributed by atoms with Crippen LogP contribution >= 0.6 is 0 Å². The van der Waals surface area contributed by atoms with Crippen LogP contribution in [0.1, 0.15) is 2.85 Å². The summed E-state index contributed by atoms with van der Waals surface area (Å²) in [5.74, 6) is 0.167. The third kappa shape index (κ3) is 56.0. The van der Waals surface area contributed by atoms with E-state index in [4.69, 9.17) is 11.5 Å². The maximum Gasteiger partial charge on any atom is 1.00 e. The molecule has 0 aromatic rings. The monoisotopic (exact) mass is 106 g/mol. The predicted octanol–water partition coefficient (Wildman–Crippen LogP) is -6.39. The van der Waals surface area contributed by atoms with Gasteiger partial charge in [0.1, 0.15) is 0 Å². The first kappa shape index (κ1) is 15.7. The van der Waals surface area contributed by atoms with Gasteiger partial charge in [0.2, 0.25) is 0 Å². The summed E-state index contributed by atoms with van der Waals surface area (Å²) in [6.45, 7) is 3.11. The topological polar surface area (TPSA) is 52.0 Å². The van der Waals surface area contributed by atoms with Crippen molar-refractivity contribution in [3.63, 3.8) is 0 Å². The van der Waals surface area contributed by atoms with Crippen LogP contribution in [-0.4, -0.2) is 0 Å². The Hall–Kier alpha value is 1.34. The van der Waals surface area contributed by atoms with Gasteiger partial charge in [-0.2, -0.15) is 0 Å². The van der Waals surface area contributed by atoms with Gasteiger partial charge in [0.25, 0.3) is 0 Å². The van der Waals surface area contributed by atoms with Gasteiger partial charge < -0.3 is 14.3 Å². The smallest absolute Gasteiger partial charge is 1.00 e. The molecule has 0 heterocycles. The molecule has 28 valence electrons. The molecule has 0 saturated heterocycles. The molecule has 6 heavy (non-hydrogen) atoms. The Labute approximate surface area is 84.9 Å². The molecule has 0 fully saturated rings. The quantitative estimate of drug-likeness (QED) is 0.302. The first-order chi connectivity index (χ1) is 1.73. The zero-order chi connectivity index (χ0) is 3.58. The first-order valence-corrected chi connectivity index (χ1v) is 0.931. The molecule has 0 aliphatic heterocycles. The van der Waals surface area contributed by atoms with Crippen molar-refractivity contribution in [3.05, 3.63) is 12.4 Å². The molecule has 2 nitrogen and oxygen atoms in total. The summed E-state index contributed by atoms with van der Waals surface area (Å²) in [6, 6.07) is 0. The molecule has 0 saturated carbocycles. The molecule has 0 atom stereocenters. The summed E-state index contributed by atoms with van der Waals surface area (Å²) >= 11 is 0. The van der Waals surface area contributed by atoms with E-state index in [9.17, 15) is 0 Å². The SMILES string of the molecule is C=C(N)N.[H-].[H-].[Na+].[Na+]. The van der Waals surface area contributed by atoms with E-state index in [1.165, 1.54) is 0 Å². The molecule has 4 heteroatoms. The molecular formula is C2H8N2Na2. The second kappa shape index (κ2) is 9.60. The van der Waals surface area contributed by atoms with Gasteiger partial charge in [0.05, 0.1) is 5.82 Å². The van der Waals surface area contributed by atoms with Crippen molar-refractivity contribution in [2.24, 2.45) is 11.5 Å². The van der Waals surface area contributed by atoms with Gasteiger partial charge in [-0.3, -0.25) is 0 Å². The van der Waals surface area contributed by atoms with E-state index >= 15 is 0 Å². The van der Waals surface area contributed by atoms with Crippen molar-refractivity contribution >= 4 is 0 Å². The van der Waals surface area contributed by atoms with Crippen LogP contribution in [0.2, 0.25) is 0 Å². The average Bonchev–Trinajstić information content (AvgIpc) is 0.811. The van der Waals surface area contributed by atoms with Crippen molar-refractivity contribution in [1.29, 1.82) is 0 Å². The Morgan fingerprint density at radius 2 is 1.33 bits per heavy atom. The largest absolute Gasteiger partial charge is 1.00 e. The van der Waals surface area contributed by atoms with Crippen molar-refractivity contribution in [2.75, 3.05) is 0 Å². The minimum absolute atomic E-state index is 0. The molecule has 0 aliphatic rings. The number of hydrogen-bond acceptors (Lipinski definition) is 2. The Morgan fingerprint density at radius 1 is 1.33 bits per heavy atom. The maximum absolute atomic E-state index is 4.69. The fourth-order valence-corrected chi connectivity index (χ4v) is 0. The van der Waals surface area contributed by atoms with Crippen molar-refractivity contribution < 1.29 is 62.0 Å². The van der Waals surface area contributed by atoms with Gasteiger partial charge in [-0.25, -0.2) is 0 Å². The summed E-state index contributed by atoms with van der Waals surface area (Å²) in [7, 11) is 0. The second-order valence-electron chi connectivity index (χ2n) is 0.575. The normalized spacial score (nSPS) is 4.00. The minimum atomic E-state index is 0. The summed E-state index contributed by atoms with van der Waals surface area (Å²) in [5, 5.41) is 0. The first-order valence-electron chi connectivity index (χ1n) is 0.931. The number of rotatable bonds is 0. The fourth-order valence-electron chi connectivity index (χ4n) is 0. The molecule has 0 amide bonds. The molecule has 0 spiro atoms. The van der Waals surface area contributed by atoms with Crippen LogP contribution in [0.15, 0.2) is 12.4 Å². The van der Waals surface area contributed by atoms with Gasteiger partial charge in [-0.1, -0.05) is 6.58 Å². The van der Waals surface area contributed by atoms with Gasteiger partial charge in [-0.05, 0) is 0 Å². The van der Waals surface area contributed by atoms with Crippen LogP contribution in [0.3, 0.4) is 0 Å². The summed E-state index contributed by atoms with van der Waals surface area (Å²) < 4.78 is 0. The van der Waals surface area contributed by atoms with Crippen LogP contribution in [0.5, 0.6) is 0 Å². The van der Waals surface area contributed by atoms with Gasteiger partial charge >= 0.3 is 59.1 Å². The standard InChI is InChI=1S/C2H6N2.2Na.2H/c1-2(3)4;;;;/h1,3-4H2;;;;/q;2*+1;2*-1. The second-order valence-corrected chi connectivity index (χ2v) is 0.575. The van der Waals surface area contributed by atoms with Crippen LogP contribution < -0.4 is 70.6 Å². The Balaban J connectivity index is -0.00000000750. The van der Waals surface area contributed by atoms with E-state index in [1.54, 1.807) is 0 Å². The zero-order valence-electron chi connectivity index (χ0n) is 6.36. The number of nitrogens with two attached hydrogens (primary N) is 2. The van der Waals surface area contributed by atoms with Crippen LogP contribution in [0.4, 0.5) is 0 Å². The van der Waals surface area contributed by atoms with Crippen molar-refractivity contribution in [2.45, 2.75) is 0 Å². The van der Waals surface area contributed by atoms with E-state index in [2.05, 4.69) is 6.58 Å². The molecule has 0 aliphatic carbocycles. The molecule has 0 aromatic carbocycles. The van der Waals surface area contributed by atoms with Crippen LogP contribution in [0.25, 0.3) is 0 Å². The third-order valence-electron chi connectivity index (χ3n) is 0. The molecular weight excluding hydrogens is 98.0 g/mol. The van der Waals surface area contributed by atoms with E-state index in [1.807, 2.05) is 0 Å². The summed E-state index contributed by atoms with van der Waals surface area (Å²) in [6.07, 6.45) is 0. The Morgan fingerprint density at radius 3 is 1.33 bits per heavy atom. The van der Waals surface area contributed by atoms with Crippen LogP contribution in [0, 0.1) is 0 Å². The molecule has 4 N–H and O–H groups in total. The Bertz CT molecular complexity index is 39.0. The molecule has 0 aromatic heterocycles. The van der Waals surface area contributed by atoms with E-state index in [-0.39, 0.29) is 67.8 Å². The minimum Gasteiger partial charge on any atom is -1.00 e. The zero-order valence-corrected chi connectivity index (χ0v) is 8.36. The van der Waals surface area contributed by atoms with Crippen molar-refractivity contribution in [3.8, 4) is 0 Å². The van der Waals surface area contributed by atoms with Crippen LogP contribution in [-0.2, 0) is 0 Å². The Kier molecular flexibility index (Phi) is 25.1. The average molecular weight is 106 g/mol. The molecule has 0 unspecified atom stereocenters. The molecule has 0 bridgehead atoms. The molecule has 0 radical (unpaired) electrons. The van der Waals surface area contributed by atoms with E-state index in [0.29, 0.717) is 0 Å². The summed E-state index contributed by atoms with van der Waals surface area (Å²) in [5.41, 5.74) is 9.39. The summed E-state index contributed by atoms with van der Waals surface area (Å²) in [4.78, 5) is 0. The predicted molar refractivity (Wildman–Crippen MR) is 19.7 cm³/mol.